The van der Waals surface area contributed by atoms with Crippen LogP contribution >= 0.6 is 11.8 Å². The van der Waals surface area contributed by atoms with E-state index in [4.69, 9.17) is 0 Å². The standard InChI is InChI=1S/C14H17N3O2S/c15-11-14(7-3-1-4-8-14)16-12(18)10-20-13-6-2-5-9-17(13)19/h2,5-6,9H,1,3-4,7-8,10H2,(H,16,18). The average molecular weight is 291 g/mol. The minimum atomic E-state index is -0.708. The maximum Gasteiger partial charge on any atom is 0.251 e. The van der Waals surface area contributed by atoms with E-state index in [0.29, 0.717) is 17.9 Å². The molecule has 0 aromatic carbocycles. The summed E-state index contributed by atoms with van der Waals surface area (Å²) in [7, 11) is 0. The molecular formula is C14H17N3O2S. The topological polar surface area (TPSA) is 79.8 Å². The Hall–Kier alpha value is -1.74. The second-order valence-corrected chi connectivity index (χ2v) is 5.95. The SMILES string of the molecule is N#CC1(NC(=O)CSc2cccc[n+]2[O-])CCCCC1. The van der Waals surface area contributed by atoms with Gasteiger partial charge in [-0.15, -0.1) is 0 Å². The zero-order valence-electron chi connectivity index (χ0n) is 11.2. The van der Waals surface area contributed by atoms with Crippen LogP contribution in [0.1, 0.15) is 32.1 Å². The number of hydrogen-bond donors (Lipinski definition) is 1. The Labute approximate surface area is 122 Å². The number of nitrogens with one attached hydrogen (secondary N) is 1. The third kappa shape index (κ3) is 3.64. The Morgan fingerprint density at radius 3 is 2.85 bits per heavy atom. The molecule has 1 heterocycles. The highest BCUT2D eigenvalue weighted by atomic mass is 32.2. The number of pyridine rings is 1. The highest BCUT2D eigenvalue weighted by Crippen LogP contribution is 2.27. The molecule has 1 saturated carbocycles. The van der Waals surface area contributed by atoms with E-state index in [1.54, 1.807) is 18.2 Å². The van der Waals surface area contributed by atoms with Crippen LogP contribution in [0.5, 0.6) is 0 Å². The Morgan fingerprint density at radius 2 is 2.20 bits per heavy atom. The molecule has 2 rings (SSSR count). The van der Waals surface area contributed by atoms with E-state index >= 15 is 0 Å². The lowest BCUT2D eigenvalue weighted by molar-refractivity contribution is -0.645. The van der Waals surface area contributed by atoms with Crippen LogP contribution in [0.25, 0.3) is 0 Å². The minimum absolute atomic E-state index is 0.148. The first kappa shape index (κ1) is 14.7. The summed E-state index contributed by atoms with van der Waals surface area (Å²) in [6.45, 7) is 0. The maximum atomic E-state index is 12.0. The summed E-state index contributed by atoms with van der Waals surface area (Å²) in [4.78, 5) is 12.0. The van der Waals surface area contributed by atoms with E-state index in [1.807, 2.05) is 0 Å². The van der Waals surface area contributed by atoms with Gasteiger partial charge in [0.1, 0.15) is 5.54 Å². The first-order valence-electron chi connectivity index (χ1n) is 6.68. The normalized spacial score (nSPS) is 17.1. The van der Waals surface area contributed by atoms with E-state index in [2.05, 4.69) is 11.4 Å². The first-order valence-corrected chi connectivity index (χ1v) is 7.67. The Kier molecular flexibility index (Phi) is 4.85. The molecule has 0 spiro atoms. The second kappa shape index (κ2) is 6.62. The van der Waals surface area contributed by atoms with Gasteiger partial charge in [0, 0.05) is 12.1 Å². The zero-order valence-corrected chi connectivity index (χ0v) is 12.0. The van der Waals surface area contributed by atoms with E-state index in [0.717, 1.165) is 24.0 Å². The number of rotatable bonds is 4. The fourth-order valence-electron chi connectivity index (χ4n) is 2.39. The van der Waals surface area contributed by atoms with Gasteiger partial charge >= 0.3 is 0 Å². The molecule has 0 aliphatic heterocycles. The second-order valence-electron chi connectivity index (χ2n) is 4.96. The number of carbonyl (C=O) groups is 1. The molecule has 0 unspecified atom stereocenters. The van der Waals surface area contributed by atoms with E-state index in [9.17, 15) is 15.3 Å². The molecule has 1 aliphatic rings. The maximum absolute atomic E-state index is 12.0. The number of nitriles is 1. The molecular weight excluding hydrogens is 274 g/mol. The van der Waals surface area contributed by atoms with Crippen molar-refractivity contribution in [2.75, 3.05) is 5.75 Å². The molecule has 0 atom stereocenters. The predicted octanol–water partition coefficient (Wildman–Crippen LogP) is 1.75. The van der Waals surface area contributed by atoms with E-state index < -0.39 is 5.54 Å². The molecule has 5 nitrogen and oxygen atoms in total. The lowest BCUT2D eigenvalue weighted by atomic mass is 9.83. The van der Waals surface area contributed by atoms with Crippen molar-refractivity contribution in [2.45, 2.75) is 42.7 Å². The summed E-state index contributed by atoms with van der Waals surface area (Å²) < 4.78 is 0.735. The third-order valence-electron chi connectivity index (χ3n) is 3.44. The molecule has 1 aliphatic carbocycles. The monoisotopic (exact) mass is 291 g/mol. The number of nitrogens with zero attached hydrogens (tertiary/aromatic N) is 2. The van der Waals surface area contributed by atoms with Gasteiger partial charge < -0.3 is 10.5 Å². The van der Waals surface area contributed by atoms with Crippen molar-refractivity contribution in [3.63, 3.8) is 0 Å². The van der Waals surface area contributed by atoms with Gasteiger partial charge in [-0.05, 0) is 30.7 Å². The van der Waals surface area contributed by atoms with Gasteiger partial charge in [-0.2, -0.15) is 9.99 Å². The Morgan fingerprint density at radius 1 is 1.45 bits per heavy atom. The summed E-state index contributed by atoms with van der Waals surface area (Å²) >= 11 is 1.18. The lowest BCUT2D eigenvalue weighted by Gasteiger charge is -2.31. The van der Waals surface area contributed by atoms with Crippen LogP contribution in [-0.2, 0) is 4.79 Å². The van der Waals surface area contributed by atoms with Crippen molar-refractivity contribution in [1.29, 1.82) is 5.26 Å². The van der Waals surface area contributed by atoms with Gasteiger partial charge in [-0.25, -0.2) is 0 Å². The van der Waals surface area contributed by atoms with Gasteiger partial charge in [-0.1, -0.05) is 19.3 Å². The van der Waals surface area contributed by atoms with Crippen molar-refractivity contribution in [2.24, 2.45) is 0 Å². The number of carbonyl (C=O) groups excluding carboxylic acids is 1. The molecule has 0 saturated heterocycles. The largest absolute Gasteiger partial charge is 0.618 e. The van der Waals surface area contributed by atoms with Gasteiger partial charge in [0.05, 0.1) is 11.8 Å². The first-order chi connectivity index (χ1) is 9.65. The summed E-state index contributed by atoms with van der Waals surface area (Å²) in [6.07, 6.45) is 5.90. The fourth-order valence-corrected chi connectivity index (χ4v) is 3.10. The van der Waals surface area contributed by atoms with Crippen molar-refractivity contribution in [1.82, 2.24) is 5.32 Å². The predicted molar refractivity (Wildman–Crippen MR) is 75.7 cm³/mol. The van der Waals surface area contributed by atoms with Crippen LogP contribution in [0.3, 0.4) is 0 Å². The molecule has 6 heteroatoms. The Bertz CT molecular complexity index is 521. The lowest BCUT2D eigenvalue weighted by Crippen LogP contribution is -2.49. The number of aromatic nitrogens is 1. The zero-order chi connectivity index (χ0) is 14.4. The Balaban J connectivity index is 1.89. The average Bonchev–Trinajstić information content (AvgIpc) is 2.47. The highest BCUT2D eigenvalue weighted by Gasteiger charge is 2.33. The molecule has 1 aromatic rings. The molecule has 1 aromatic heterocycles. The van der Waals surface area contributed by atoms with Gasteiger partial charge in [-0.3, -0.25) is 4.79 Å². The molecule has 0 bridgehead atoms. The number of amides is 1. The van der Waals surface area contributed by atoms with Crippen molar-refractivity contribution in [3.05, 3.63) is 29.6 Å². The molecule has 20 heavy (non-hydrogen) atoms. The molecule has 1 fully saturated rings. The highest BCUT2D eigenvalue weighted by molar-refractivity contribution is 7.99. The molecule has 1 N–H and O–H groups in total. The van der Waals surface area contributed by atoms with E-state index in [1.165, 1.54) is 18.0 Å². The van der Waals surface area contributed by atoms with Crippen LogP contribution in [-0.4, -0.2) is 17.2 Å². The fraction of sp³-hybridized carbons (Fsp3) is 0.500. The van der Waals surface area contributed by atoms with Crippen molar-refractivity contribution >= 4 is 17.7 Å². The molecule has 0 radical (unpaired) electrons. The van der Waals surface area contributed by atoms with Crippen LogP contribution < -0.4 is 10.0 Å². The van der Waals surface area contributed by atoms with Gasteiger partial charge in [0.2, 0.25) is 5.91 Å². The van der Waals surface area contributed by atoms with Crippen LogP contribution in [0.4, 0.5) is 0 Å². The summed E-state index contributed by atoms with van der Waals surface area (Å²) in [5.41, 5.74) is -0.708. The number of thioether (sulfide) groups is 1. The van der Waals surface area contributed by atoms with Gasteiger partial charge in [0.25, 0.3) is 5.03 Å². The van der Waals surface area contributed by atoms with Crippen molar-refractivity contribution in [3.8, 4) is 6.07 Å². The van der Waals surface area contributed by atoms with Crippen molar-refractivity contribution < 1.29 is 9.52 Å². The van der Waals surface area contributed by atoms with Gasteiger partial charge in [0.15, 0.2) is 6.20 Å². The van der Waals surface area contributed by atoms with Crippen LogP contribution in [0.2, 0.25) is 0 Å². The summed E-state index contributed by atoms with van der Waals surface area (Å²) in [5.74, 6) is -0.0438. The molecule has 106 valence electrons. The summed E-state index contributed by atoms with van der Waals surface area (Å²) in [5, 5.41) is 24.1. The number of hydrogen-bond acceptors (Lipinski definition) is 4. The third-order valence-corrected chi connectivity index (χ3v) is 4.46. The smallest absolute Gasteiger partial charge is 0.251 e. The summed E-state index contributed by atoms with van der Waals surface area (Å²) in [6, 6.07) is 7.32. The van der Waals surface area contributed by atoms with Crippen LogP contribution in [0.15, 0.2) is 29.4 Å². The minimum Gasteiger partial charge on any atom is -0.618 e. The van der Waals surface area contributed by atoms with E-state index in [-0.39, 0.29) is 11.7 Å². The van der Waals surface area contributed by atoms with Crippen LogP contribution in [0, 0.1) is 16.5 Å². The molecule has 1 amide bonds. The quantitative estimate of drug-likeness (QED) is 0.521.